The summed E-state index contributed by atoms with van der Waals surface area (Å²) in [5.41, 5.74) is -0.0140. The van der Waals surface area contributed by atoms with Crippen LogP contribution < -0.4 is 0 Å². The van der Waals surface area contributed by atoms with Gasteiger partial charge in [-0.1, -0.05) is 41.5 Å². The predicted molar refractivity (Wildman–Crippen MR) is 142 cm³/mol. The maximum atomic E-state index is 12.9. The molecular formula is C32H52O4. The average Bonchev–Trinajstić information content (AvgIpc) is 2.79. The molecule has 4 heteroatoms. The van der Waals surface area contributed by atoms with Crippen molar-refractivity contribution in [2.24, 2.45) is 62.6 Å². The van der Waals surface area contributed by atoms with Gasteiger partial charge in [0.1, 0.15) is 11.5 Å². The number of carboxylic acid groups (broad SMARTS) is 1. The monoisotopic (exact) mass is 500 g/mol. The Hall–Kier alpha value is -1.06. The quantitative estimate of drug-likeness (QED) is 0.394. The Morgan fingerprint density at radius 3 is 2.11 bits per heavy atom. The molecule has 204 valence electrons. The molecule has 12 atom stereocenters. The van der Waals surface area contributed by atoms with Gasteiger partial charge in [-0.05, 0) is 128 Å². The van der Waals surface area contributed by atoms with E-state index < -0.39 is 17.5 Å². The Balaban J connectivity index is 1.53. The van der Waals surface area contributed by atoms with Gasteiger partial charge in [0.25, 0.3) is 0 Å². The molecule has 5 aliphatic rings. The third-order valence-corrected chi connectivity index (χ3v) is 14.4. The van der Waals surface area contributed by atoms with Crippen LogP contribution in [0.1, 0.15) is 120 Å². The molecule has 0 aromatic rings. The fraction of sp³-hybridized carbons (Fsp3) is 0.938. The molecule has 5 aliphatic carbocycles. The maximum Gasteiger partial charge on any atom is 0.313 e. The van der Waals surface area contributed by atoms with E-state index in [2.05, 4.69) is 41.5 Å². The smallest absolute Gasteiger partial charge is 0.313 e. The summed E-state index contributed by atoms with van der Waals surface area (Å²) < 4.78 is 5.70. The lowest BCUT2D eigenvalue weighted by Crippen LogP contribution is -2.68. The Kier molecular flexibility index (Phi) is 6.06. The van der Waals surface area contributed by atoms with Gasteiger partial charge in [0.05, 0.1) is 0 Å². The number of carboxylic acids is 1. The third-order valence-electron chi connectivity index (χ3n) is 14.4. The van der Waals surface area contributed by atoms with Gasteiger partial charge in [0.2, 0.25) is 0 Å². The SMILES string of the molecule is CC(=O)O[C@@H]1CC[C@@]2(C)C(CC[C@]3(C)C2CCC2C4C(C)[C@H](C)CC[C@]4(C)CC[C@]23C)[C@@]1(C)C(=O)O. The topological polar surface area (TPSA) is 63.6 Å². The molecule has 0 aromatic carbocycles. The zero-order chi connectivity index (χ0) is 26.5. The molecule has 5 unspecified atom stereocenters. The summed E-state index contributed by atoms with van der Waals surface area (Å²) in [5, 5.41) is 10.6. The Labute approximate surface area is 219 Å². The van der Waals surface area contributed by atoms with Crippen molar-refractivity contribution in [3.05, 3.63) is 0 Å². The number of hydrogen-bond acceptors (Lipinski definition) is 3. The lowest BCUT2D eigenvalue weighted by molar-refractivity contribution is -0.260. The van der Waals surface area contributed by atoms with Crippen LogP contribution in [-0.4, -0.2) is 23.1 Å². The standard InChI is InChI=1S/C32H52O4/c1-19-11-14-28(4)17-18-30(6)22(26(28)20(19)2)9-10-23-29(5)15-13-25(36-21(3)33)32(8,27(34)35)24(29)12-16-31(23,30)7/h19-20,22-26H,9-18H2,1-8H3,(H,34,35)/t19-,20?,22?,23?,24?,25-,26?,28-,29-,30-,31-,32-/m1/s1. The van der Waals surface area contributed by atoms with E-state index in [9.17, 15) is 14.7 Å². The molecule has 0 amide bonds. The van der Waals surface area contributed by atoms with Crippen molar-refractivity contribution >= 4 is 11.9 Å². The van der Waals surface area contributed by atoms with E-state index in [4.69, 9.17) is 4.74 Å². The van der Waals surface area contributed by atoms with Gasteiger partial charge >= 0.3 is 11.9 Å². The number of carbonyl (C=O) groups is 2. The van der Waals surface area contributed by atoms with Crippen molar-refractivity contribution in [3.8, 4) is 0 Å². The van der Waals surface area contributed by atoms with E-state index in [1.807, 2.05) is 6.92 Å². The van der Waals surface area contributed by atoms with Crippen molar-refractivity contribution < 1.29 is 19.4 Å². The fourth-order valence-electron chi connectivity index (χ4n) is 12.0. The molecule has 1 N–H and O–H groups in total. The number of ether oxygens (including phenoxy) is 1. The summed E-state index contributed by atoms with van der Waals surface area (Å²) in [4.78, 5) is 24.8. The summed E-state index contributed by atoms with van der Waals surface area (Å²) >= 11 is 0. The van der Waals surface area contributed by atoms with Crippen molar-refractivity contribution in [1.29, 1.82) is 0 Å². The number of hydrogen-bond donors (Lipinski definition) is 1. The van der Waals surface area contributed by atoms with Crippen molar-refractivity contribution in [2.45, 2.75) is 126 Å². The number of carbonyl (C=O) groups excluding carboxylic acids is 1. The summed E-state index contributed by atoms with van der Waals surface area (Å²) in [6, 6.07) is 0. The fourth-order valence-corrected chi connectivity index (χ4v) is 12.0. The van der Waals surface area contributed by atoms with Crippen LogP contribution in [0.25, 0.3) is 0 Å². The summed E-state index contributed by atoms with van der Waals surface area (Å²) in [6.45, 7) is 18.6. The summed E-state index contributed by atoms with van der Waals surface area (Å²) in [7, 11) is 0. The first-order valence-electron chi connectivity index (χ1n) is 15.1. The zero-order valence-electron chi connectivity index (χ0n) is 24.3. The van der Waals surface area contributed by atoms with Crippen LogP contribution in [0.2, 0.25) is 0 Å². The van der Waals surface area contributed by atoms with Gasteiger partial charge in [-0.25, -0.2) is 0 Å². The second-order valence-electron chi connectivity index (χ2n) is 15.4. The van der Waals surface area contributed by atoms with E-state index in [1.165, 1.54) is 45.4 Å². The van der Waals surface area contributed by atoms with Crippen molar-refractivity contribution in [3.63, 3.8) is 0 Å². The molecule has 5 fully saturated rings. The Morgan fingerprint density at radius 1 is 0.778 bits per heavy atom. The molecule has 0 saturated heterocycles. The predicted octanol–water partition coefficient (Wildman–Crippen LogP) is 7.74. The van der Waals surface area contributed by atoms with Crippen LogP contribution >= 0.6 is 0 Å². The Bertz CT molecular complexity index is 929. The van der Waals surface area contributed by atoms with Crippen molar-refractivity contribution in [1.82, 2.24) is 0 Å². The molecule has 0 radical (unpaired) electrons. The summed E-state index contributed by atoms with van der Waals surface area (Å²) in [6.07, 6.45) is 11.1. The minimum Gasteiger partial charge on any atom is -0.481 e. The summed E-state index contributed by atoms with van der Waals surface area (Å²) in [5.74, 6) is 2.62. The van der Waals surface area contributed by atoms with E-state index >= 15 is 0 Å². The van der Waals surface area contributed by atoms with Gasteiger partial charge in [0, 0.05) is 6.92 Å². The minimum absolute atomic E-state index is 0.0308. The van der Waals surface area contributed by atoms with Crippen LogP contribution in [0.4, 0.5) is 0 Å². The van der Waals surface area contributed by atoms with Crippen LogP contribution in [0.5, 0.6) is 0 Å². The molecule has 4 nitrogen and oxygen atoms in total. The number of rotatable bonds is 2. The molecule has 0 bridgehead atoms. The normalized spacial score (nSPS) is 56.4. The molecule has 0 heterocycles. The van der Waals surface area contributed by atoms with Crippen LogP contribution in [0.15, 0.2) is 0 Å². The largest absolute Gasteiger partial charge is 0.481 e. The third kappa shape index (κ3) is 3.23. The molecule has 5 saturated carbocycles. The van der Waals surface area contributed by atoms with E-state index in [0.717, 1.165) is 42.9 Å². The van der Waals surface area contributed by atoms with E-state index in [-0.39, 0.29) is 22.7 Å². The highest BCUT2D eigenvalue weighted by Crippen LogP contribution is 2.77. The number of esters is 1. The van der Waals surface area contributed by atoms with Gasteiger partial charge in [-0.2, -0.15) is 0 Å². The lowest BCUT2D eigenvalue weighted by Gasteiger charge is -2.73. The number of aliphatic carboxylic acids is 1. The second kappa shape index (κ2) is 8.22. The number of fused-ring (bicyclic) bond motifs is 7. The van der Waals surface area contributed by atoms with Crippen LogP contribution in [0, 0.1) is 62.6 Å². The molecule has 0 spiro atoms. The van der Waals surface area contributed by atoms with Crippen LogP contribution in [-0.2, 0) is 14.3 Å². The van der Waals surface area contributed by atoms with Crippen LogP contribution in [0.3, 0.4) is 0 Å². The first kappa shape index (κ1) is 26.5. The Morgan fingerprint density at radius 2 is 1.47 bits per heavy atom. The van der Waals surface area contributed by atoms with Crippen molar-refractivity contribution in [2.75, 3.05) is 0 Å². The molecule has 5 rings (SSSR count). The van der Waals surface area contributed by atoms with Gasteiger partial charge in [0.15, 0.2) is 0 Å². The zero-order valence-corrected chi connectivity index (χ0v) is 24.3. The van der Waals surface area contributed by atoms with Gasteiger partial charge in [-0.3, -0.25) is 9.59 Å². The van der Waals surface area contributed by atoms with E-state index in [0.29, 0.717) is 23.2 Å². The molecule has 0 aliphatic heterocycles. The van der Waals surface area contributed by atoms with Gasteiger partial charge < -0.3 is 9.84 Å². The highest BCUT2D eigenvalue weighted by Gasteiger charge is 2.71. The minimum atomic E-state index is -1.02. The first-order valence-corrected chi connectivity index (χ1v) is 15.1. The van der Waals surface area contributed by atoms with E-state index in [1.54, 1.807) is 0 Å². The molecular weight excluding hydrogens is 448 g/mol. The first-order chi connectivity index (χ1) is 16.6. The highest BCUT2D eigenvalue weighted by atomic mass is 16.5. The lowest BCUT2D eigenvalue weighted by atomic mass is 9.31. The van der Waals surface area contributed by atoms with Gasteiger partial charge in [-0.15, -0.1) is 0 Å². The molecule has 0 aromatic heterocycles. The molecule has 36 heavy (non-hydrogen) atoms. The average molecular weight is 501 g/mol. The highest BCUT2D eigenvalue weighted by molar-refractivity contribution is 5.77. The second-order valence-corrected chi connectivity index (χ2v) is 15.4. The maximum absolute atomic E-state index is 12.9.